The minimum Gasteiger partial charge on any atom is -0.507 e. The molecule has 0 saturated carbocycles. The smallest absolute Gasteiger partial charge is 0.307 e. The van der Waals surface area contributed by atoms with Crippen LogP contribution in [0.5, 0.6) is 5.75 Å². The van der Waals surface area contributed by atoms with Gasteiger partial charge >= 0.3 is 5.97 Å². The number of carbonyl (C=O) groups excluding carboxylic acids is 1. The van der Waals surface area contributed by atoms with E-state index >= 15 is 0 Å². The van der Waals surface area contributed by atoms with Crippen molar-refractivity contribution in [2.75, 3.05) is 6.61 Å². The molecule has 0 spiro atoms. The predicted molar refractivity (Wildman–Crippen MR) is 101 cm³/mol. The van der Waals surface area contributed by atoms with Crippen molar-refractivity contribution in [3.8, 4) is 5.75 Å². The fraction of sp³-hybridized carbons (Fsp3) is 0.632. The van der Waals surface area contributed by atoms with E-state index in [1.54, 1.807) is 6.92 Å². The minimum atomic E-state index is -0.447. The fourth-order valence-corrected chi connectivity index (χ4v) is 2.53. The summed E-state index contributed by atoms with van der Waals surface area (Å²) in [4.78, 5) is 11.7. The van der Waals surface area contributed by atoms with Crippen molar-refractivity contribution >= 4 is 18.4 Å². The third-order valence-corrected chi connectivity index (χ3v) is 3.87. The number of halogens is 1. The predicted octanol–water partition coefficient (Wildman–Crippen LogP) is 4.36. The Morgan fingerprint density at radius 3 is 1.88 bits per heavy atom. The molecule has 0 heterocycles. The third-order valence-electron chi connectivity index (χ3n) is 3.87. The van der Waals surface area contributed by atoms with E-state index in [1.165, 1.54) is 0 Å². The molecular weight excluding hydrogens is 326 g/mol. The van der Waals surface area contributed by atoms with Gasteiger partial charge in [0, 0.05) is 6.04 Å². The van der Waals surface area contributed by atoms with Gasteiger partial charge in [-0.3, -0.25) is 4.79 Å². The SMILES string of the molecule is CCOC(=O)C[C@H](N)c1cc(C(C)(C)C)c(O)c(C(C)(C)C)c1.Cl. The number of aromatic hydroxyl groups is 1. The van der Waals surface area contributed by atoms with Gasteiger partial charge in [0.1, 0.15) is 5.75 Å². The first kappa shape index (κ1) is 22.7. The largest absolute Gasteiger partial charge is 0.507 e. The Hall–Kier alpha value is -1.26. The summed E-state index contributed by atoms with van der Waals surface area (Å²) in [6.45, 7) is 14.4. The summed E-state index contributed by atoms with van der Waals surface area (Å²) in [6, 6.07) is 3.37. The molecule has 5 heteroatoms. The van der Waals surface area contributed by atoms with Crippen LogP contribution in [0.2, 0.25) is 0 Å². The lowest BCUT2D eigenvalue weighted by Crippen LogP contribution is -2.22. The summed E-state index contributed by atoms with van der Waals surface area (Å²) in [5.41, 5.74) is 8.33. The quantitative estimate of drug-likeness (QED) is 0.785. The molecule has 0 amide bonds. The van der Waals surface area contributed by atoms with E-state index in [4.69, 9.17) is 10.5 Å². The Kier molecular flexibility index (Phi) is 7.78. The maximum atomic E-state index is 11.7. The van der Waals surface area contributed by atoms with Crippen LogP contribution >= 0.6 is 12.4 Å². The second kappa shape index (κ2) is 8.21. The van der Waals surface area contributed by atoms with Crippen LogP contribution in [0, 0.1) is 0 Å². The molecule has 3 N–H and O–H groups in total. The third kappa shape index (κ3) is 5.67. The lowest BCUT2D eigenvalue weighted by atomic mass is 9.77. The van der Waals surface area contributed by atoms with Gasteiger partial charge in [-0.2, -0.15) is 0 Å². The summed E-state index contributed by atoms with van der Waals surface area (Å²) >= 11 is 0. The molecule has 0 aromatic heterocycles. The van der Waals surface area contributed by atoms with E-state index < -0.39 is 6.04 Å². The number of ether oxygens (including phenoxy) is 1. The van der Waals surface area contributed by atoms with E-state index in [0.717, 1.165) is 16.7 Å². The van der Waals surface area contributed by atoms with Crippen LogP contribution in [0.4, 0.5) is 0 Å². The Balaban J connectivity index is 0.00000529. The number of hydrogen-bond donors (Lipinski definition) is 2. The lowest BCUT2D eigenvalue weighted by molar-refractivity contribution is -0.143. The zero-order chi connectivity index (χ0) is 18.0. The summed E-state index contributed by atoms with van der Waals surface area (Å²) < 4.78 is 4.98. The van der Waals surface area contributed by atoms with E-state index in [-0.39, 0.29) is 35.6 Å². The molecule has 0 bridgehead atoms. The average molecular weight is 358 g/mol. The highest BCUT2D eigenvalue weighted by Crippen LogP contribution is 2.40. The zero-order valence-corrected chi connectivity index (χ0v) is 16.7. The van der Waals surface area contributed by atoms with Crippen LogP contribution in [-0.4, -0.2) is 17.7 Å². The van der Waals surface area contributed by atoms with E-state index in [2.05, 4.69) is 41.5 Å². The molecule has 1 rings (SSSR count). The monoisotopic (exact) mass is 357 g/mol. The number of esters is 1. The molecule has 0 unspecified atom stereocenters. The van der Waals surface area contributed by atoms with Crippen LogP contribution in [0.15, 0.2) is 12.1 Å². The number of hydrogen-bond acceptors (Lipinski definition) is 4. The number of phenols is 1. The van der Waals surface area contributed by atoms with Gasteiger partial charge in [0.2, 0.25) is 0 Å². The molecule has 24 heavy (non-hydrogen) atoms. The highest BCUT2D eigenvalue weighted by molar-refractivity contribution is 5.85. The topological polar surface area (TPSA) is 72.5 Å². The second-order valence-electron chi connectivity index (χ2n) is 8.08. The van der Waals surface area contributed by atoms with Crippen molar-refractivity contribution in [3.05, 3.63) is 28.8 Å². The molecule has 0 aliphatic rings. The van der Waals surface area contributed by atoms with Crippen LogP contribution in [0.1, 0.15) is 77.6 Å². The molecule has 0 radical (unpaired) electrons. The molecule has 4 nitrogen and oxygen atoms in total. The minimum absolute atomic E-state index is 0. The molecule has 0 aliphatic carbocycles. The standard InChI is InChI=1S/C19H31NO3.ClH/c1-8-23-16(21)11-15(20)12-9-13(18(2,3)4)17(22)14(10-12)19(5,6)7;/h9-10,15,22H,8,11,20H2,1-7H3;1H/t15-;/m0./s1. The van der Waals surface area contributed by atoms with Gasteiger partial charge in [0.05, 0.1) is 13.0 Å². The highest BCUT2D eigenvalue weighted by Gasteiger charge is 2.28. The summed E-state index contributed by atoms with van der Waals surface area (Å²) in [7, 11) is 0. The molecule has 0 aliphatic heterocycles. The molecule has 1 atom stereocenters. The second-order valence-corrected chi connectivity index (χ2v) is 8.08. The van der Waals surface area contributed by atoms with Gasteiger partial charge in [-0.15, -0.1) is 12.4 Å². The number of carbonyl (C=O) groups is 1. The van der Waals surface area contributed by atoms with Crippen molar-refractivity contribution < 1.29 is 14.6 Å². The molecule has 138 valence electrons. The van der Waals surface area contributed by atoms with Gasteiger partial charge in [-0.05, 0) is 46.6 Å². The normalized spacial score (nSPS) is 13.2. The molecule has 1 aromatic carbocycles. The maximum Gasteiger partial charge on any atom is 0.307 e. The molecular formula is C19H32ClNO3. The van der Waals surface area contributed by atoms with Crippen LogP contribution in [0.25, 0.3) is 0 Å². The van der Waals surface area contributed by atoms with Gasteiger partial charge in [-0.25, -0.2) is 0 Å². The Morgan fingerprint density at radius 1 is 1.12 bits per heavy atom. The Bertz CT molecular complexity index is 536. The van der Waals surface area contributed by atoms with Crippen LogP contribution < -0.4 is 5.73 Å². The fourth-order valence-electron chi connectivity index (χ4n) is 2.53. The number of phenolic OH excluding ortho intramolecular Hbond substituents is 1. The summed E-state index contributed by atoms with van der Waals surface area (Å²) in [6.07, 6.45) is 0.131. The van der Waals surface area contributed by atoms with Crippen molar-refractivity contribution in [3.63, 3.8) is 0 Å². The van der Waals surface area contributed by atoms with Gasteiger partial charge in [0.15, 0.2) is 0 Å². The van der Waals surface area contributed by atoms with Gasteiger partial charge < -0.3 is 15.6 Å². The number of rotatable bonds is 4. The van der Waals surface area contributed by atoms with Gasteiger partial charge in [-0.1, -0.05) is 41.5 Å². The Morgan fingerprint density at radius 2 is 1.54 bits per heavy atom. The summed E-state index contributed by atoms with van der Waals surface area (Å²) in [5, 5.41) is 10.7. The maximum absolute atomic E-state index is 11.7. The van der Waals surface area contributed by atoms with Crippen LogP contribution in [-0.2, 0) is 20.4 Å². The van der Waals surface area contributed by atoms with E-state index in [9.17, 15) is 9.90 Å². The van der Waals surface area contributed by atoms with Crippen molar-refractivity contribution in [2.24, 2.45) is 5.73 Å². The van der Waals surface area contributed by atoms with Crippen LogP contribution in [0.3, 0.4) is 0 Å². The first-order chi connectivity index (χ1) is 10.4. The van der Waals surface area contributed by atoms with E-state index in [0.29, 0.717) is 12.4 Å². The molecule has 1 aromatic rings. The molecule has 0 fully saturated rings. The Labute approximate surface area is 152 Å². The lowest BCUT2D eigenvalue weighted by Gasteiger charge is -2.29. The first-order valence-corrected chi connectivity index (χ1v) is 8.17. The van der Waals surface area contributed by atoms with Crippen molar-refractivity contribution in [1.82, 2.24) is 0 Å². The number of nitrogens with two attached hydrogens (primary N) is 1. The average Bonchev–Trinajstić information content (AvgIpc) is 2.36. The number of benzene rings is 1. The van der Waals surface area contributed by atoms with Crippen molar-refractivity contribution in [1.29, 1.82) is 0 Å². The zero-order valence-electron chi connectivity index (χ0n) is 15.9. The van der Waals surface area contributed by atoms with E-state index in [1.807, 2.05) is 12.1 Å². The first-order valence-electron chi connectivity index (χ1n) is 8.17. The molecule has 0 saturated heterocycles. The highest BCUT2D eigenvalue weighted by atomic mass is 35.5. The van der Waals surface area contributed by atoms with Gasteiger partial charge in [0.25, 0.3) is 0 Å². The van der Waals surface area contributed by atoms with Crippen molar-refractivity contribution in [2.45, 2.75) is 71.8 Å². The summed E-state index contributed by atoms with van der Waals surface area (Å²) in [5.74, 6) is 0.0137.